The van der Waals surface area contributed by atoms with Crippen LogP contribution in [0.5, 0.6) is 0 Å². The molecule has 0 amide bonds. The lowest BCUT2D eigenvalue weighted by Crippen LogP contribution is -2.00. The molecule has 0 saturated carbocycles. The van der Waals surface area contributed by atoms with Crippen LogP contribution in [0.1, 0.15) is 17.2 Å². The number of hydrogen-bond donors (Lipinski definition) is 0. The number of benzene rings is 1. The van der Waals surface area contributed by atoms with E-state index in [1.165, 1.54) is 0 Å². The van der Waals surface area contributed by atoms with E-state index >= 15 is 0 Å². The Morgan fingerprint density at radius 2 is 2.12 bits per heavy atom. The van der Waals surface area contributed by atoms with Crippen molar-refractivity contribution < 1.29 is 4.42 Å². The zero-order valence-electron chi connectivity index (χ0n) is 8.86. The van der Waals surface area contributed by atoms with Gasteiger partial charge in [0.1, 0.15) is 5.76 Å². The molecule has 0 aliphatic heterocycles. The summed E-state index contributed by atoms with van der Waals surface area (Å²) in [5, 5.41) is 10.3. The van der Waals surface area contributed by atoms with Crippen molar-refractivity contribution >= 4 is 23.2 Å². The van der Waals surface area contributed by atoms with Gasteiger partial charge in [0.25, 0.3) is 0 Å². The minimum absolute atomic E-state index is 0.328. The van der Waals surface area contributed by atoms with E-state index in [1.54, 1.807) is 30.5 Å². The Morgan fingerprint density at radius 3 is 2.71 bits per heavy atom. The van der Waals surface area contributed by atoms with Gasteiger partial charge in [0.2, 0.25) is 0 Å². The van der Waals surface area contributed by atoms with Crippen molar-refractivity contribution in [2.45, 2.75) is 12.3 Å². The topological polar surface area (TPSA) is 36.9 Å². The van der Waals surface area contributed by atoms with Gasteiger partial charge in [-0.3, -0.25) is 0 Å². The molecule has 0 bridgehead atoms. The smallest absolute Gasteiger partial charge is 0.105 e. The van der Waals surface area contributed by atoms with E-state index in [0.29, 0.717) is 16.5 Å². The first kappa shape index (κ1) is 12.0. The van der Waals surface area contributed by atoms with E-state index in [-0.39, 0.29) is 5.92 Å². The SMILES string of the molecule is N#CC(Cc1ccco1)c1ccc(Cl)cc1Cl. The third-order valence-electron chi connectivity index (χ3n) is 2.48. The van der Waals surface area contributed by atoms with Gasteiger partial charge in [-0.2, -0.15) is 5.26 Å². The lowest BCUT2D eigenvalue weighted by atomic mass is 9.96. The molecular formula is C13H9Cl2NO. The molecule has 2 rings (SSSR count). The summed E-state index contributed by atoms with van der Waals surface area (Å²) < 4.78 is 5.23. The third-order valence-corrected chi connectivity index (χ3v) is 3.04. The zero-order chi connectivity index (χ0) is 12.3. The first-order valence-electron chi connectivity index (χ1n) is 5.07. The molecule has 86 valence electrons. The van der Waals surface area contributed by atoms with Crippen LogP contribution in [0.3, 0.4) is 0 Å². The Hall–Kier alpha value is -1.43. The van der Waals surface area contributed by atoms with E-state index in [1.807, 2.05) is 6.07 Å². The molecule has 0 aliphatic rings. The molecule has 17 heavy (non-hydrogen) atoms. The van der Waals surface area contributed by atoms with Crippen LogP contribution in [0.4, 0.5) is 0 Å². The van der Waals surface area contributed by atoms with Gasteiger partial charge in [-0.05, 0) is 29.8 Å². The summed E-state index contributed by atoms with van der Waals surface area (Å²) in [6.07, 6.45) is 2.10. The van der Waals surface area contributed by atoms with Gasteiger partial charge in [-0.15, -0.1) is 0 Å². The lowest BCUT2D eigenvalue weighted by molar-refractivity contribution is 0.501. The predicted octanol–water partition coefficient (Wildman–Crippen LogP) is 4.44. The number of nitrogens with zero attached hydrogens (tertiary/aromatic N) is 1. The molecule has 2 nitrogen and oxygen atoms in total. The number of rotatable bonds is 3. The van der Waals surface area contributed by atoms with Crippen LogP contribution in [0.25, 0.3) is 0 Å². The van der Waals surface area contributed by atoms with Crippen LogP contribution >= 0.6 is 23.2 Å². The molecule has 0 fully saturated rings. The standard InChI is InChI=1S/C13H9Cl2NO/c14-10-3-4-12(13(15)7-10)9(8-16)6-11-2-1-5-17-11/h1-5,7,9H,6H2. The summed E-state index contributed by atoms with van der Waals surface area (Å²) in [5.74, 6) is 0.438. The van der Waals surface area contributed by atoms with E-state index in [2.05, 4.69) is 6.07 Å². The molecule has 1 unspecified atom stereocenters. The average Bonchev–Trinajstić information content (AvgIpc) is 2.79. The average molecular weight is 266 g/mol. The number of nitriles is 1. The molecule has 1 aromatic heterocycles. The second-order valence-corrected chi connectivity index (χ2v) is 4.47. The van der Waals surface area contributed by atoms with Crippen LogP contribution in [-0.2, 0) is 6.42 Å². The van der Waals surface area contributed by atoms with E-state index < -0.39 is 0 Å². The molecule has 1 heterocycles. The summed E-state index contributed by atoms with van der Waals surface area (Å²) in [4.78, 5) is 0. The molecule has 0 saturated heterocycles. The maximum absolute atomic E-state index is 9.19. The van der Waals surface area contributed by atoms with Crippen LogP contribution < -0.4 is 0 Å². The molecule has 1 aromatic carbocycles. The van der Waals surface area contributed by atoms with Gasteiger partial charge in [0.05, 0.1) is 18.3 Å². The minimum atomic E-state index is -0.328. The van der Waals surface area contributed by atoms with Crippen molar-refractivity contribution in [2.75, 3.05) is 0 Å². The molecule has 0 aliphatic carbocycles. The Labute approximate surface area is 109 Å². The zero-order valence-corrected chi connectivity index (χ0v) is 10.4. The van der Waals surface area contributed by atoms with Crippen molar-refractivity contribution in [3.05, 3.63) is 58.0 Å². The van der Waals surface area contributed by atoms with Gasteiger partial charge in [0, 0.05) is 16.5 Å². The Morgan fingerprint density at radius 1 is 1.29 bits per heavy atom. The van der Waals surface area contributed by atoms with Crippen molar-refractivity contribution in [1.82, 2.24) is 0 Å². The van der Waals surface area contributed by atoms with Crippen molar-refractivity contribution in [3.8, 4) is 6.07 Å². The summed E-state index contributed by atoms with van der Waals surface area (Å²) >= 11 is 11.9. The maximum atomic E-state index is 9.19. The highest BCUT2D eigenvalue weighted by molar-refractivity contribution is 6.35. The molecular weight excluding hydrogens is 257 g/mol. The van der Waals surface area contributed by atoms with Gasteiger partial charge in [-0.25, -0.2) is 0 Å². The highest BCUT2D eigenvalue weighted by Gasteiger charge is 2.16. The largest absolute Gasteiger partial charge is 0.469 e. The first-order valence-corrected chi connectivity index (χ1v) is 5.83. The molecule has 2 aromatic rings. The van der Waals surface area contributed by atoms with Crippen LogP contribution in [-0.4, -0.2) is 0 Å². The normalized spacial score (nSPS) is 12.1. The molecule has 1 atom stereocenters. The highest BCUT2D eigenvalue weighted by atomic mass is 35.5. The Balaban J connectivity index is 2.27. The molecule has 0 radical (unpaired) electrons. The van der Waals surface area contributed by atoms with Crippen molar-refractivity contribution in [2.24, 2.45) is 0 Å². The van der Waals surface area contributed by atoms with Gasteiger partial charge < -0.3 is 4.42 Å². The van der Waals surface area contributed by atoms with Crippen molar-refractivity contribution in [1.29, 1.82) is 5.26 Å². The van der Waals surface area contributed by atoms with Gasteiger partial charge in [0.15, 0.2) is 0 Å². The summed E-state index contributed by atoms with van der Waals surface area (Å²) in [6, 6.07) is 11.0. The van der Waals surface area contributed by atoms with E-state index in [0.717, 1.165) is 11.3 Å². The predicted molar refractivity (Wildman–Crippen MR) is 67.2 cm³/mol. The second-order valence-electron chi connectivity index (χ2n) is 3.63. The van der Waals surface area contributed by atoms with Gasteiger partial charge >= 0.3 is 0 Å². The van der Waals surface area contributed by atoms with Gasteiger partial charge in [-0.1, -0.05) is 29.3 Å². The molecule has 0 spiro atoms. The third kappa shape index (κ3) is 2.82. The fourth-order valence-corrected chi connectivity index (χ4v) is 2.18. The first-order chi connectivity index (χ1) is 8.20. The van der Waals surface area contributed by atoms with E-state index in [4.69, 9.17) is 27.6 Å². The summed E-state index contributed by atoms with van der Waals surface area (Å²) in [7, 11) is 0. The van der Waals surface area contributed by atoms with Crippen LogP contribution in [0.2, 0.25) is 10.0 Å². The fourth-order valence-electron chi connectivity index (χ4n) is 1.64. The minimum Gasteiger partial charge on any atom is -0.469 e. The molecule has 4 heteroatoms. The second kappa shape index (κ2) is 5.27. The van der Waals surface area contributed by atoms with E-state index in [9.17, 15) is 5.26 Å². The quantitative estimate of drug-likeness (QED) is 0.823. The summed E-state index contributed by atoms with van der Waals surface area (Å²) in [5.41, 5.74) is 0.773. The monoisotopic (exact) mass is 265 g/mol. The Kier molecular flexibility index (Phi) is 3.73. The summed E-state index contributed by atoms with van der Waals surface area (Å²) in [6.45, 7) is 0. The number of furan rings is 1. The van der Waals surface area contributed by atoms with Crippen molar-refractivity contribution in [3.63, 3.8) is 0 Å². The van der Waals surface area contributed by atoms with Crippen LogP contribution in [0, 0.1) is 11.3 Å². The highest BCUT2D eigenvalue weighted by Crippen LogP contribution is 2.29. The maximum Gasteiger partial charge on any atom is 0.105 e. The fraction of sp³-hybridized carbons (Fsp3) is 0.154. The van der Waals surface area contributed by atoms with Crippen LogP contribution in [0.15, 0.2) is 41.0 Å². The number of halogens is 2. The Bertz CT molecular complexity index is 543. The lowest BCUT2D eigenvalue weighted by Gasteiger charge is -2.10. The molecule has 0 N–H and O–H groups in total. The number of hydrogen-bond acceptors (Lipinski definition) is 2.